The quantitative estimate of drug-likeness (QED) is 0.859. The molecule has 4 heteroatoms. The fraction of sp³-hybridized carbons (Fsp3) is 0.316. The second-order valence-corrected chi connectivity index (χ2v) is 6.31. The third kappa shape index (κ3) is 4.34. The molecule has 0 unspecified atom stereocenters. The van der Waals surface area contributed by atoms with Crippen LogP contribution < -0.4 is 0 Å². The van der Waals surface area contributed by atoms with Gasteiger partial charge in [-0.3, -0.25) is 9.69 Å². The number of rotatable bonds is 4. The molecule has 0 bridgehead atoms. The van der Waals surface area contributed by atoms with Crippen LogP contribution in [0.25, 0.3) is 0 Å². The summed E-state index contributed by atoms with van der Waals surface area (Å²) in [6.45, 7) is 4.50. The molecule has 0 aromatic heterocycles. The van der Waals surface area contributed by atoms with Gasteiger partial charge in [0.1, 0.15) is 0 Å². The van der Waals surface area contributed by atoms with Gasteiger partial charge in [-0.15, -0.1) is 0 Å². The van der Waals surface area contributed by atoms with E-state index in [1.807, 2.05) is 11.0 Å². The second kappa shape index (κ2) is 7.62. The topological polar surface area (TPSA) is 23.6 Å². The van der Waals surface area contributed by atoms with E-state index in [0.29, 0.717) is 10.6 Å². The molecule has 1 fully saturated rings. The molecule has 2 aromatic rings. The molecule has 0 saturated carbocycles. The highest BCUT2D eigenvalue weighted by molar-refractivity contribution is 6.30. The van der Waals surface area contributed by atoms with Crippen LogP contribution in [-0.2, 0) is 6.42 Å². The minimum absolute atomic E-state index is 0.101. The van der Waals surface area contributed by atoms with Crippen LogP contribution in [0.5, 0.6) is 0 Å². The molecule has 3 nitrogen and oxygen atoms in total. The number of hydrogen-bond donors (Lipinski definition) is 0. The van der Waals surface area contributed by atoms with Gasteiger partial charge in [0.05, 0.1) is 0 Å². The van der Waals surface area contributed by atoms with Gasteiger partial charge in [-0.25, -0.2) is 0 Å². The van der Waals surface area contributed by atoms with E-state index in [2.05, 4.69) is 29.2 Å². The Bertz CT molecular complexity index is 634. The lowest BCUT2D eigenvalue weighted by Gasteiger charge is -2.34. The minimum atomic E-state index is 0.101. The van der Waals surface area contributed by atoms with E-state index in [9.17, 15) is 4.79 Å². The van der Waals surface area contributed by atoms with E-state index in [4.69, 9.17) is 11.6 Å². The van der Waals surface area contributed by atoms with Gasteiger partial charge in [-0.1, -0.05) is 41.9 Å². The second-order valence-electron chi connectivity index (χ2n) is 5.88. The number of halogens is 1. The van der Waals surface area contributed by atoms with Crippen LogP contribution in [0, 0.1) is 0 Å². The monoisotopic (exact) mass is 328 g/mol. The maximum Gasteiger partial charge on any atom is 0.253 e. The predicted octanol–water partition coefficient (Wildman–Crippen LogP) is 3.34. The number of carbonyl (C=O) groups excluding carboxylic acids is 1. The van der Waals surface area contributed by atoms with Crippen LogP contribution >= 0.6 is 11.6 Å². The number of piperazine rings is 1. The average molecular weight is 329 g/mol. The fourth-order valence-corrected chi connectivity index (χ4v) is 3.01. The summed E-state index contributed by atoms with van der Waals surface area (Å²) in [6, 6.07) is 17.7. The maximum absolute atomic E-state index is 12.5. The first kappa shape index (κ1) is 16.0. The first-order chi connectivity index (χ1) is 11.2. The van der Waals surface area contributed by atoms with Gasteiger partial charge in [0.25, 0.3) is 5.91 Å². The summed E-state index contributed by atoms with van der Waals surface area (Å²) in [5, 5.41) is 0.660. The molecule has 0 radical (unpaired) electrons. The summed E-state index contributed by atoms with van der Waals surface area (Å²) in [6.07, 6.45) is 1.06. The molecule has 1 heterocycles. The molecule has 23 heavy (non-hydrogen) atoms. The molecule has 0 N–H and O–H groups in total. The summed E-state index contributed by atoms with van der Waals surface area (Å²) in [7, 11) is 0. The Morgan fingerprint density at radius 1 is 0.913 bits per heavy atom. The van der Waals surface area contributed by atoms with E-state index < -0.39 is 0 Å². The number of nitrogens with zero attached hydrogens (tertiary/aromatic N) is 2. The molecule has 0 spiro atoms. The Labute approximate surface area is 142 Å². The zero-order chi connectivity index (χ0) is 16.1. The van der Waals surface area contributed by atoms with Gasteiger partial charge in [-0.05, 0) is 36.2 Å². The molecule has 1 aliphatic heterocycles. The molecule has 1 saturated heterocycles. The normalized spacial score (nSPS) is 15.6. The molecule has 120 valence electrons. The van der Waals surface area contributed by atoms with Gasteiger partial charge < -0.3 is 4.90 Å². The first-order valence-electron chi connectivity index (χ1n) is 8.03. The SMILES string of the molecule is O=C(c1ccc(Cl)cc1)N1CCN(CCc2ccccc2)CC1. The standard InChI is InChI=1S/C19H21ClN2O/c20-18-8-6-17(7-9-18)19(23)22-14-12-21(13-15-22)11-10-16-4-2-1-3-5-16/h1-9H,10-15H2. The number of carbonyl (C=O) groups is 1. The Morgan fingerprint density at radius 3 is 2.22 bits per heavy atom. The summed E-state index contributed by atoms with van der Waals surface area (Å²) in [4.78, 5) is 16.8. The summed E-state index contributed by atoms with van der Waals surface area (Å²) in [5.41, 5.74) is 2.08. The fourth-order valence-electron chi connectivity index (χ4n) is 2.88. The van der Waals surface area contributed by atoms with Crippen molar-refractivity contribution >= 4 is 17.5 Å². The van der Waals surface area contributed by atoms with Crippen molar-refractivity contribution in [1.29, 1.82) is 0 Å². The largest absolute Gasteiger partial charge is 0.336 e. The van der Waals surface area contributed by atoms with Gasteiger partial charge in [-0.2, -0.15) is 0 Å². The first-order valence-corrected chi connectivity index (χ1v) is 8.41. The van der Waals surface area contributed by atoms with E-state index in [-0.39, 0.29) is 5.91 Å². The number of benzene rings is 2. The Kier molecular flexibility index (Phi) is 5.31. The van der Waals surface area contributed by atoms with E-state index in [1.54, 1.807) is 24.3 Å². The highest BCUT2D eigenvalue weighted by Crippen LogP contribution is 2.13. The Hall–Kier alpha value is -1.84. The lowest BCUT2D eigenvalue weighted by atomic mass is 10.1. The van der Waals surface area contributed by atoms with Crippen LogP contribution in [0.3, 0.4) is 0 Å². The Morgan fingerprint density at radius 2 is 1.57 bits per heavy atom. The highest BCUT2D eigenvalue weighted by atomic mass is 35.5. The highest BCUT2D eigenvalue weighted by Gasteiger charge is 2.21. The van der Waals surface area contributed by atoms with Crippen molar-refractivity contribution in [3.05, 3.63) is 70.7 Å². The van der Waals surface area contributed by atoms with Crippen molar-refractivity contribution in [3.63, 3.8) is 0 Å². The molecule has 3 rings (SSSR count). The van der Waals surface area contributed by atoms with E-state index in [1.165, 1.54) is 5.56 Å². The molecule has 0 atom stereocenters. The molecular formula is C19H21ClN2O. The third-order valence-corrected chi connectivity index (χ3v) is 4.56. The zero-order valence-electron chi connectivity index (χ0n) is 13.1. The van der Waals surface area contributed by atoms with Crippen LogP contribution in [0.2, 0.25) is 5.02 Å². The van der Waals surface area contributed by atoms with Crippen LogP contribution in [-0.4, -0.2) is 48.4 Å². The van der Waals surface area contributed by atoms with Crippen molar-refractivity contribution in [2.45, 2.75) is 6.42 Å². The van der Waals surface area contributed by atoms with Crippen molar-refractivity contribution in [3.8, 4) is 0 Å². The van der Waals surface area contributed by atoms with Crippen molar-refractivity contribution in [2.75, 3.05) is 32.7 Å². The Balaban J connectivity index is 1.48. The lowest BCUT2D eigenvalue weighted by molar-refractivity contribution is 0.0638. The van der Waals surface area contributed by atoms with Gasteiger partial charge in [0, 0.05) is 43.3 Å². The zero-order valence-corrected chi connectivity index (χ0v) is 13.9. The van der Waals surface area contributed by atoms with Crippen molar-refractivity contribution in [2.24, 2.45) is 0 Å². The third-order valence-electron chi connectivity index (χ3n) is 4.31. The van der Waals surface area contributed by atoms with Gasteiger partial charge >= 0.3 is 0 Å². The molecule has 2 aromatic carbocycles. The van der Waals surface area contributed by atoms with Crippen molar-refractivity contribution < 1.29 is 4.79 Å². The number of amides is 1. The maximum atomic E-state index is 12.5. The summed E-state index contributed by atoms with van der Waals surface area (Å²) in [5.74, 6) is 0.101. The predicted molar refractivity (Wildman–Crippen MR) is 93.9 cm³/mol. The van der Waals surface area contributed by atoms with Crippen LogP contribution in [0.15, 0.2) is 54.6 Å². The summed E-state index contributed by atoms with van der Waals surface area (Å²) < 4.78 is 0. The number of hydrogen-bond acceptors (Lipinski definition) is 2. The minimum Gasteiger partial charge on any atom is -0.336 e. The van der Waals surface area contributed by atoms with Gasteiger partial charge in [0.2, 0.25) is 0 Å². The van der Waals surface area contributed by atoms with Gasteiger partial charge in [0.15, 0.2) is 0 Å². The van der Waals surface area contributed by atoms with E-state index >= 15 is 0 Å². The molecular weight excluding hydrogens is 308 g/mol. The van der Waals surface area contributed by atoms with E-state index in [0.717, 1.165) is 39.1 Å². The van der Waals surface area contributed by atoms with Crippen molar-refractivity contribution in [1.82, 2.24) is 9.80 Å². The van der Waals surface area contributed by atoms with Crippen LogP contribution in [0.4, 0.5) is 0 Å². The lowest BCUT2D eigenvalue weighted by Crippen LogP contribution is -2.49. The molecule has 1 aliphatic rings. The summed E-state index contributed by atoms with van der Waals surface area (Å²) >= 11 is 5.87. The van der Waals surface area contributed by atoms with Crippen LogP contribution in [0.1, 0.15) is 15.9 Å². The average Bonchev–Trinajstić information content (AvgIpc) is 2.61. The molecule has 1 amide bonds. The smallest absolute Gasteiger partial charge is 0.253 e. The molecule has 0 aliphatic carbocycles.